The third-order valence-corrected chi connectivity index (χ3v) is 3.93. The van der Waals surface area contributed by atoms with Gasteiger partial charge in [0.2, 0.25) is 5.89 Å². The maximum Gasteiger partial charge on any atom is 0.258 e. The van der Waals surface area contributed by atoms with Crippen molar-refractivity contribution in [3.05, 3.63) is 52.6 Å². The molecule has 0 saturated heterocycles. The number of carbonyl (C=O) groups is 1. The molecule has 24 heavy (non-hydrogen) atoms. The molecule has 2 aromatic carbocycles. The average Bonchev–Trinajstić information content (AvgIpc) is 2.99. The molecule has 7 heteroatoms. The van der Waals surface area contributed by atoms with Gasteiger partial charge in [0.25, 0.3) is 5.91 Å². The summed E-state index contributed by atoms with van der Waals surface area (Å²) in [5, 5.41) is 8.61. The number of aromatic nitrogens is 2. The molecule has 6 nitrogen and oxygen atoms in total. The highest BCUT2D eigenvalue weighted by molar-refractivity contribution is 9.10. The van der Waals surface area contributed by atoms with E-state index in [0.717, 1.165) is 15.2 Å². The molecule has 1 atom stereocenters. The predicted octanol–water partition coefficient (Wildman–Crippen LogP) is 3.55. The molecule has 1 heterocycles. The quantitative estimate of drug-likeness (QED) is 0.721. The third kappa shape index (κ3) is 3.91. The molecule has 0 aliphatic rings. The Bertz CT molecular complexity index is 878. The normalized spacial score (nSPS) is 12.1. The molecule has 1 amide bonds. The molecular formula is C17H16BrN3O3. The van der Waals surface area contributed by atoms with E-state index in [4.69, 9.17) is 9.26 Å². The maximum absolute atomic E-state index is 12.0. The van der Waals surface area contributed by atoms with Crippen LogP contribution in [0.4, 0.5) is 0 Å². The van der Waals surface area contributed by atoms with E-state index < -0.39 is 0 Å². The lowest BCUT2D eigenvalue weighted by atomic mass is 10.1. The van der Waals surface area contributed by atoms with Gasteiger partial charge in [0.05, 0.1) is 0 Å². The number of nitrogens with zero attached hydrogens (tertiary/aromatic N) is 2. The minimum Gasteiger partial charge on any atom is -0.484 e. The van der Waals surface area contributed by atoms with Crippen LogP contribution in [-0.4, -0.2) is 22.7 Å². The topological polar surface area (TPSA) is 77.2 Å². The molecule has 1 aromatic heterocycles. The standard InChI is InChI=1S/C17H16BrN3O3/c1-10(17-20-11(2)21-24-17)19-16(22)9-23-15-6-4-12-7-14(18)5-3-13(12)8-15/h3-8,10H,9H2,1-2H3,(H,19,22). The summed E-state index contributed by atoms with van der Waals surface area (Å²) in [6.07, 6.45) is 0. The number of ether oxygens (including phenoxy) is 1. The molecule has 0 radical (unpaired) electrons. The number of aryl methyl sites for hydroxylation is 1. The summed E-state index contributed by atoms with van der Waals surface area (Å²) in [7, 11) is 0. The van der Waals surface area contributed by atoms with E-state index in [-0.39, 0.29) is 18.6 Å². The Morgan fingerprint density at radius 1 is 1.29 bits per heavy atom. The first-order valence-corrected chi connectivity index (χ1v) is 8.22. The molecule has 3 rings (SSSR count). The zero-order valence-corrected chi connectivity index (χ0v) is 14.8. The van der Waals surface area contributed by atoms with Crippen LogP contribution in [0, 0.1) is 6.92 Å². The molecule has 0 aliphatic heterocycles. The van der Waals surface area contributed by atoms with Crippen LogP contribution in [0.3, 0.4) is 0 Å². The van der Waals surface area contributed by atoms with Gasteiger partial charge in [-0.15, -0.1) is 0 Å². The van der Waals surface area contributed by atoms with Gasteiger partial charge < -0.3 is 14.6 Å². The zero-order chi connectivity index (χ0) is 17.1. The van der Waals surface area contributed by atoms with Crippen LogP contribution in [0.5, 0.6) is 5.75 Å². The lowest BCUT2D eigenvalue weighted by Gasteiger charge is -2.11. The molecular weight excluding hydrogens is 374 g/mol. The number of carbonyl (C=O) groups excluding carboxylic acids is 1. The van der Waals surface area contributed by atoms with Crippen LogP contribution in [0.25, 0.3) is 10.8 Å². The van der Waals surface area contributed by atoms with Crippen molar-refractivity contribution in [3.8, 4) is 5.75 Å². The fourth-order valence-electron chi connectivity index (χ4n) is 2.27. The molecule has 0 fully saturated rings. The molecule has 0 spiro atoms. The monoisotopic (exact) mass is 389 g/mol. The Balaban J connectivity index is 1.58. The van der Waals surface area contributed by atoms with Gasteiger partial charge in [-0.25, -0.2) is 0 Å². The summed E-state index contributed by atoms with van der Waals surface area (Å²) in [6.45, 7) is 3.42. The highest BCUT2D eigenvalue weighted by atomic mass is 79.9. The van der Waals surface area contributed by atoms with Crippen LogP contribution >= 0.6 is 15.9 Å². The molecule has 1 N–H and O–H groups in total. The van der Waals surface area contributed by atoms with E-state index in [2.05, 4.69) is 31.4 Å². The van der Waals surface area contributed by atoms with Crippen molar-refractivity contribution in [2.45, 2.75) is 19.9 Å². The Labute approximate surface area is 147 Å². The number of amides is 1. The van der Waals surface area contributed by atoms with E-state index >= 15 is 0 Å². The second-order valence-corrected chi connectivity index (χ2v) is 6.33. The Hall–Kier alpha value is -2.41. The fraction of sp³-hybridized carbons (Fsp3) is 0.235. The summed E-state index contributed by atoms with van der Waals surface area (Å²) < 4.78 is 11.6. The molecule has 1 unspecified atom stereocenters. The van der Waals surface area contributed by atoms with Crippen molar-refractivity contribution in [3.63, 3.8) is 0 Å². The zero-order valence-electron chi connectivity index (χ0n) is 13.2. The minimum atomic E-state index is -0.365. The lowest BCUT2D eigenvalue weighted by molar-refractivity contribution is -0.123. The van der Waals surface area contributed by atoms with E-state index in [0.29, 0.717) is 17.5 Å². The number of fused-ring (bicyclic) bond motifs is 1. The van der Waals surface area contributed by atoms with E-state index in [1.165, 1.54) is 0 Å². The van der Waals surface area contributed by atoms with Gasteiger partial charge in [0, 0.05) is 4.47 Å². The molecule has 0 bridgehead atoms. The van der Waals surface area contributed by atoms with Crippen molar-refractivity contribution in [1.82, 2.24) is 15.5 Å². The van der Waals surface area contributed by atoms with Gasteiger partial charge in [0.15, 0.2) is 12.4 Å². The SMILES string of the molecule is Cc1noc(C(C)NC(=O)COc2ccc3cc(Br)ccc3c2)n1. The number of nitrogens with one attached hydrogen (secondary N) is 1. The molecule has 124 valence electrons. The minimum absolute atomic E-state index is 0.0838. The highest BCUT2D eigenvalue weighted by Crippen LogP contribution is 2.24. The maximum atomic E-state index is 12.0. The second kappa shape index (κ2) is 7.00. The van der Waals surface area contributed by atoms with Crippen molar-refractivity contribution >= 4 is 32.6 Å². The number of rotatable bonds is 5. The summed E-state index contributed by atoms with van der Waals surface area (Å²) in [5.41, 5.74) is 0. The van der Waals surface area contributed by atoms with E-state index in [1.54, 1.807) is 13.8 Å². The Morgan fingerprint density at radius 3 is 2.79 bits per heavy atom. The summed E-state index contributed by atoms with van der Waals surface area (Å²) in [5.74, 6) is 1.29. The van der Waals surface area contributed by atoms with Gasteiger partial charge >= 0.3 is 0 Å². The van der Waals surface area contributed by atoms with E-state index in [1.807, 2.05) is 36.4 Å². The smallest absolute Gasteiger partial charge is 0.258 e. The summed E-state index contributed by atoms with van der Waals surface area (Å²) in [6, 6.07) is 11.3. The molecule has 0 saturated carbocycles. The van der Waals surface area contributed by atoms with Gasteiger partial charge in [-0.2, -0.15) is 4.98 Å². The lowest BCUT2D eigenvalue weighted by Crippen LogP contribution is -2.31. The fourth-order valence-corrected chi connectivity index (χ4v) is 2.65. The first kappa shape index (κ1) is 16.4. The van der Waals surface area contributed by atoms with Crippen molar-refractivity contribution in [2.75, 3.05) is 6.61 Å². The molecule has 0 aliphatic carbocycles. The number of halogens is 1. The number of hydrogen-bond donors (Lipinski definition) is 1. The predicted molar refractivity (Wildman–Crippen MR) is 92.7 cm³/mol. The summed E-state index contributed by atoms with van der Waals surface area (Å²) in [4.78, 5) is 16.1. The van der Waals surface area contributed by atoms with Gasteiger partial charge in [-0.3, -0.25) is 4.79 Å². The van der Waals surface area contributed by atoms with Gasteiger partial charge in [-0.05, 0) is 48.9 Å². The van der Waals surface area contributed by atoms with Crippen molar-refractivity contribution in [1.29, 1.82) is 0 Å². The Kier molecular flexibility index (Phi) is 4.80. The molecule has 3 aromatic rings. The first-order chi connectivity index (χ1) is 11.5. The Morgan fingerprint density at radius 2 is 2.04 bits per heavy atom. The number of benzene rings is 2. The van der Waals surface area contributed by atoms with Crippen LogP contribution in [0.15, 0.2) is 45.4 Å². The highest BCUT2D eigenvalue weighted by Gasteiger charge is 2.15. The van der Waals surface area contributed by atoms with Gasteiger partial charge in [-0.1, -0.05) is 33.2 Å². The van der Waals surface area contributed by atoms with Crippen LogP contribution in [-0.2, 0) is 4.79 Å². The van der Waals surface area contributed by atoms with Crippen LogP contribution < -0.4 is 10.1 Å². The van der Waals surface area contributed by atoms with Gasteiger partial charge in [0.1, 0.15) is 11.8 Å². The average molecular weight is 390 g/mol. The number of hydrogen-bond acceptors (Lipinski definition) is 5. The van der Waals surface area contributed by atoms with Crippen molar-refractivity contribution in [2.24, 2.45) is 0 Å². The van der Waals surface area contributed by atoms with Crippen LogP contribution in [0.1, 0.15) is 24.7 Å². The first-order valence-electron chi connectivity index (χ1n) is 7.43. The van der Waals surface area contributed by atoms with Crippen molar-refractivity contribution < 1.29 is 14.1 Å². The largest absolute Gasteiger partial charge is 0.484 e. The van der Waals surface area contributed by atoms with Crippen LogP contribution in [0.2, 0.25) is 0 Å². The third-order valence-electron chi connectivity index (χ3n) is 3.43. The van der Waals surface area contributed by atoms with E-state index in [9.17, 15) is 4.79 Å². The summed E-state index contributed by atoms with van der Waals surface area (Å²) >= 11 is 3.44. The second-order valence-electron chi connectivity index (χ2n) is 5.41.